The number of nitrogens with one attached hydrogen (secondary N) is 2. The molecule has 5 nitrogen and oxygen atoms in total. The van der Waals surface area contributed by atoms with Crippen molar-refractivity contribution in [3.05, 3.63) is 39.8 Å². The zero-order valence-electron chi connectivity index (χ0n) is 14.6. The molecule has 26 heavy (non-hydrogen) atoms. The van der Waals surface area contributed by atoms with Crippen molar-refractivity contribution >= 4 is 28.1 Å². The number of nitrogens with two attached hydrogens (primary N) is 1. The van der Waals surface area contributed by atoms with E-state index in [9.17, 15) is 13.6 Å². The molecule has 0 spiro atoms. The average Bonchev–Trinajstić information content (AvgIpc) is 2.95. The highest BCUT2D eigenvalue weighted by Crippen LogP contribution is 2.31. The number of benzene rings is 1. The van der Waals surface area contributed by atoms with Gasteiger partial charge in [-0.3, -0.25) is 4.79 Å². The van der Waals surface area contributed by atoms with Crippen molar-refractivity contribution in [3.63, 3.8) is 0 Å². The van der Waals surface area contributed by atoms with Crippen molar-refractivity contribution in [2.45, 2.75) is 44.7 Å². The second-order valence-electron chi connectivity index (χ2n) is 6.51. The Kier molecular flexibility index (Phi) is 5.83. The van der Waals surface area contributed by atoms with E-state index >= 15 is 0 Å². The van der Waals surface area contributed by atoms with E-state index in [0.29, 0.717) is 23.3 Å². The molecule has 1 fully saturated rings. The van der Waals surface area contributed by atoms with Crippen LogP contribution in [0, 0.1) is 11.6 Å². The van der Waals surface area contributed by atoms with Crippen LogP contribution in [0.2, 0.25) is 0 Å². The molecule has 0 atom stereocenters. The first-order valence-electron chi connectivity index (χ1n) is 8.69. The standard InChI is InChI=1S/C18H22F2N4OS/c1-22-9-10-7-12(19)14(13(20)8-10)15(25)16-17(21)24-18(26-16)23-11-5-3-2-4-6-11/h7-8,11,22H,2-6,9,21H2,1H3,(H,23,24). The van der Waals surface area contributed by atoms with Gasteiger partial charge in [-0.05, 0) is 37.6 Å². The quantitative estimate of drug-likeness (QED) is 0.666. The summed E-state index contributed by atoms with van der Waals surface area (Å²) in [4.78, 5) is 16.9. The van der Waals surface area contributed by atoms with Crippen molar-refractivity contribution in [1.82, 2.24) is 10.3 Å². The van der Waals surface area contributed by atoms with Gasteiger partial charge in [-0.2, -0.15) is 0 Å². The maximum absolute atomic E-state index is 14.3. The first kappa shape index (κ1) is 18.7. The fourth-order valence-corrected chi connectivity index (χ4v) is 4.15. The van der Waals surface area contributed by atoms with Crippen LogP contribution in [0.3, 0.4) is 0 Å². The summed E-state index contributed by atoms with van der Waals surface area (Å²) in [6.07, 6.45) is 5.61. The molecule has 4 N–H and O–H groups in total. The third kappa shape index (κ3) is 4.02. The molecule has 0 bridgehead atoms. The topological polar surface area (TPSA) is 80.0 Å². The van der Waals surface area contributed by atoms with Crippen molar-refractivity contribution in [1.29, 1.82) is 0 Å². The number of carbonyl (C=O) groups excluding carboxylic acids is 1. The Bertz CT molecular complexity index is 779. The minimum Gasteiger partial charge on any atom is -0.382 e. The monoisotopic (exact) mass is 380 g/mol. The summed E-state index contributed by atoms with van der Waals surface area (Å²) in [6.45, 7) is 0.306. The number of rotatable bonds is 6. The minimum atomic E-state index is -0.894. The predicted molar refractivity (Wildman–Crippen MR) is 99.6 cm³/mol. The van der Waals surface area contributed by atoms with Gasteiger partial charge in [0.2, 0.25) is 5.78 Å². The summed E-state index contributed by atoms with van der Waals surface area (Å²) in [5.74, 6) is -2.57. The number of ketones is 1. The van der Waals surface area contributed by atoms with Crippen LogP contribution in [0.15, 0.2) is 12.1 Å². The summed E-state index contributed by atoms with van der Waals surface area (Å²) in [5.41, 5.74) is 5.68. The van der Waals surface area contributed by atoms with Crippen LogP contribution >= 0.6 is 11.3 Å². The molecular weight excluding hydrogens is 358 g/mol. The van der Waals surface area contributed by atoms with Gasteiger partial charge >= 0.3 is 0 Å². The van der Waals surface area contributed by atoms with Gasteiger partial charge in [0.15, 0.2) is 5.13 Å². The Morgan fingerprint density at radius 1 is 1.27 bits per heavy atom. The van der Waals surface area contributed by atoms with E-state index in [1.54, 1.807) is 7.05 Å². The maximum Gasteiger partial charge on any atom is 0.212 e. The van der Waals surface area contributed by atoms with Crippen molar-refractivity contribution in [3.8, 4) is 0 Å². The Labute approximate surface area is 155 Å². The van der Waals surface area contributed by atoms with Crippen LogP contribution in [0.4, 0.5) is 19.7 Å². The average molecular weight is 380 g/mol. The van der Waals surface area contributed by atoms with Crippen LogP contribution in [-0.2, 0) is 6.54 Å². The molecule has 1 aromatic heterocycles. The van der Waals surface area contributed by atoms with E-state index in [2.05, 4.69) is 15.6 Å². The second kappa shape index (κ2) is 8.09. The number of aromatic nitrogens is 1. The summed E-state index contributed by atoms with van der Waals surface area (Å²) < 4.78 is 28.6. The molecule has 2 aromatic rings. The summed E-state index contributed by atoms with van der Waals surface area (Å²) in [5, 5.41) is 6.62. The fourth-order valence-electron chi connectivity index (χ4n) is 3.24. The van der Waals surface area contributed by atoms with Crippen molar-refractivity contribution in [2.24, 2.45) is 0 Å². The van der Waals surface area contributed by atoms with Crippen LogP contribution < -0.4 is 16.4 Å². The third-order valence-electron chi connectivity index (χ3n) is 4.50. The lowest BCUT2D eigenvalue weighted by molar-refractivity contribution is 0.103. The highest BCUT2D eigenvalue weighted by molar-refractivity contribution is 7.18. The van der Waals surface area contributed by atoms with Crippen LogP contribution in [0.1, 0.15) is 52.9 Å². The predicted octanol–water partition coefficient (Wildman–Crippen LogP) is 3.70. The van der Waals surface area contributed by atoms with Gasteiger partial charge in [-0.15, -0.1) is 0 Å². The molecule has 8 heteroatoms. The number of thiazole rings is 1. The number of nitrogen functional groups attached to an aromatic ring is 1. The van der Waals surface area contributed by atoms with Crippen LogP contribution in [0.5, 0.6) is 0 Å². The van der Waals surface area contributed by atoms with Crippen molar-refractivity contribution in [2.75, 3.05) is 18.1 Å². The van der Waals surface area contributed by atoms with Gasteiger partial charge in [0.25, 0.3) is 0 Å². The van der Waals surface area contributed by atoms with E-state index in [1.807, 2.05) is 0 Å². The van der Waals surface area contributed by atoms with Gasteiger partial charge in [0.1, 0.15) is 22.3 Å². The van der Waals surface area contributed by atoms with E-state index in [-0.39, 0.29) is 10.7 Å². The zero-order chi connectivity index (χ0) is 18.7. The normalized spacial score (nSPS) is 15.2. The minimum absolute atomic E-state index is 0.00332. The molecule has 0 saturated heterocycles. The molecule has 1 saturated carbocycles. The lowest BCUT2D eigenvalue weighted by Crippen LogP contribution is -2.22. The fraction of sp³-hybridized carbons (Fsp3) is 0.444. The third-order valence-corrected chi connectivity index (χ3v) is 5.50. The first-order valence-corrected chi connectivity index (χ1v) is 9.51. The van der Waals surface area contributed by atoms with Crippen LogP contribution in [-0.4, -0.2) is 23.9 Å². The first-order chi connectivity index (χ1) is 12.5. The Morgan fingerprint density at radius 2 is 1.92 bits per heavy atom. The SMILES string of the molecule is CNCc1cc(F)c(C(=O)c2sc(NC3CCCCC3)nc2N)c(F)c1. The molecule has 3 rings (SSSR count). The van der Waals surface area contributed by atoms with E-state index in [4.69, 9.17) is 5.73 Å². The lowest BCUT2D eigenvalue weighted by Gasteiger charge is -2.22. The van der Waals surface area contributed by atoms with Crippen LogP contribution in [0.25, 0.3) is 0 Å². The lowest BCUT2D eigenvalue weighted by atomic mass is 9.96. The smallest absolute Gasteiger partial charge is 0.212 e. The van der Waals surface area contributed by atoms with Gasteiger partial charge < -0.3 is 16.4 Å². The molecule has 0 radical (unpaired) electrons. The molecule has 1 aliphatic carbocycles. The van der Waals surface area contributed by atoms with Gasteiger partial charge in [0.05, 0.1) is 5.56 Å². The zero-order valence-corrected chi connectivity index (χ0v) is 15.4. The second-order valence-corrected chi connectivity index (χ2v) is 7.51. The molecule has 0 unspecified atom stereocenters. The maximum atomic E-state index is 14.3. The molecule has 140 valence electrons. The largest absolute Gasteiger partial charge is 0.382 e. The summed E-state index contributed by atoms with van der Waals surface area (Å²) in [7, 11) is 1.67. The number of nitrogens with zero attached hydrogens (tertiary/aromatic N) is 1. The molecular formula is C18H22F2N4OS. The highest BCUT2D eigenvalue weighted by atomic mass is 32.1. The van der Waals surface area contributed by atoms with E-state index in [0.717, 1.165) is 49.2 Å². The number of halogens is 2. The van der Waals surface area contributed by atoms with Crippen molar-refractivity contribution < 1.29 is 13.6 Å². The summed E-state index contributed by atoms with van der Waals surface area (Å²) in [6, 6.07) is 2.61. The molecule has 0 amide bonds. The van der Waals surface area contributed by atoms with Gasteiger partial charge in [0, 0.05) is 12.6 Å². The molecule has 0 aliphatic heterocycles. The Balaban J connectivity index is 1.84. The number of hydrogen-bond donors (Lipinski definition) is 3. The van der Waals surface area contributed by atoms with Gasteiger partial charge in [-0.1, -0.05) is 30.6 Å². The number of hydrogen-bond acceptors (Lipinski definition) is 6. The van der Waals surface area contributed by atoms with Gasteiger partial charge in [-0.25, -0.2) is 13.8 Å². The van der Waals surface area contributed by atoms with E-state index < -0.39 is 23.0 Å². The molecule has 1 aromatic carbocycles. The molecule has 1 aliphatic rings. The molecule has 1 heterocycles. The number of anilines is 2. The Hall–Kier alpha value is -2.06. The summed E-state index contributed by atoms with van der Waals surface area (Å²) >= 11 is 1.05. The number of carbonyl (C=O) groups is 1. The van der Waals surface area contributed by atoms with E-state index in [1.165, 1.54) is 6.42 Å². The highest BCUT2D eigenvalue weighted by Gasteiger charge is 2.25. The Morgan fingerprint density at radius 3 is 2.54 bits per heavy atom.